The van der Waals surface area contributed by atoms with Crippen molar-refractivity contribution in [3.63, 3.8) is 0 Å². The summed E-state index contributed by atoms with van der Waals surface area (Å²) in [6.07, 6.45) is -4.45. The third-order valence-electron chi connectivity index (χ3n) is 4.71. The molecule has 1 aromatic heterocycles. The number of ether oxygens (including phenoxy) is 2. The van der Waals surface area contributed by atoms with E-state index in [1.54, 1.807) is 22.8 Å². The highest BCUT2D eigenvalue weighted by molar-refractivity contribution is 5.97. The second kappa shape index (κ2) is 6.75. The molecule has 2 aliphatic heterocycles. The van der Waals surface area contributed by atoms with E-state index in [0.29, 0.717) is 41.9 Å². The summed E-state index contributed by atoms with van der Waals surface area (Å²) in [5.41, 5.74) is 0.336. The molecule has 0 fully saturated rings. The van der Waals surface area contributed by atoms with Crippen LogP contribution in [0.5, 0.6) is 11.5 Å². The second-order valence-corrected chi connectivity index (χ2v) is 6.43. The molecule has 4 rings (SSSR count). The summed E-state index contributed by atoms with van der Waals surface area (Å²) < 4.78 is 51.3. The predicted molar refractivity (Wildman–Crippen MR) is 86.5 cm³/mol. The first-order valence-corrected chi connectivity index (χ1v) is 8.58. The highest BCUT2D eigenvalue weighted by atomic mass is 19.4. The van der Waals surface area contributed by atoms with E-state index in [1.807, 2.05) is 0 Å². The summed E-state index contributed by atoms with van der Waals surface area (Å²) in [6.45, 7) is 1.01. The number of nitrogens with zero attached hydrogens (tertiary/aromatic N) is 3. The predicted octanol–water partition coefficient (Wildman–Crippen LogP) is 2.10. The Morgan fingerprint density at radius 3 is 2.89 bits per heavy atom. The van der Waals surface area contributed by atoms with Crippen LogP contribution < -0.4 is 14.8 Å². The van der Waals surface area contributed by atoms with Crippen LogP contribution in [-0.2, 0) is 19.5 Å². The Morgan fingerprint density at radius 1 is 1.26 bits per heavy atom. The summed E-state index contributed by atoms with van der Waals surface area (Å²) in [5, 5.41) is 10.5. The Labute approximate surface area is 152 Å². The van der Waals surface area contributed by atoms with Crippen LogP contribution in [-0.4, -0.2) is 40.1 Å². The number of aromatic nitrogens is 3. The van der Waals surface area contributed by atoms with Gasteiger partial charge in [0.05, 0.1) is 18.0 Å². The van der Waals surface area contributed by atoms with E-state index in [1.165, 1.54) is 0 Å². The second-order valence-electron chi connectivity index (χ2n) is 6.43. The van der Waals surface area contributed by atoms with E-state index >= 15 is 0 Å². The molecular weight excluding hydrogens is 365 g/mol. The number of para-hydroxylation sites is 1. The summed E-state index contributed by atoms with van der Waals surface area (Å²) in [7, 11) is 0. The fourth-order valence-electron chi connectivity index (χ4n) is 3.31. The summed E-state index contributed by atoms with van der Waals surface area (Å²) in [4.78, 5) is 12.5. The van der Waals surface area contributed by atoms with Crippen LogP contribution in [0, 0.1) is 5.92 Å². The van der Waals surface area contributed by atoms with Gasteiger partial charge in [0, 0.05) is 13.0 Å². The van der Waals surface area contributed by atoms with Gasteiger partial charge in [-0.3, -0.25) is 4.79 Å². The molecule has 0 spiro atoms. The number of halogens is 3. The van der Waals surface area contributed by atoms with Gasteiger partial charge >= 0.3 is 6.18 Å². The minimum absolute atomic E-state index is 0.0210. The molecule has 0 aliphatic carbocycles. The molecule has 1 atom stereocenters. The number of hydrogen-bond donors (Lipinski definition) is 1. The van der Waals surface area contributed by atoms with Gasteiger partial charge in [-0.15, -0.1) is 10.2 Å². The summed E-state index contributed by atoms with van der Waals surface area (Å²) in [6, 6.07) is 5.03. The number of nitrogens with one attached hydrogen (secondary N) is 1. The number of fused-ring (bicyclic) bond motifs is 2. The molecule has 1 amide bonds. The zero-order chi connectivity index (χ0) is 19.0. The van der Waals surface area contributed by atoms with Crippen molar-refractivity contribution >= 4 is 5.91 Å². The molecule has 1 aromatic carbocycles. The van der Waals surface area contributed by atoms with Crippen LogP contribution in [0.4, 0.5) is 13.2 Å². The number of alkyl halides is 3. The van der Waals surface area contributed by atoms with Crippen LogP contribution in [0.15, 0.2) is 18.2 Å². The lowest BCUT2D eigenvalue weighted by molar-refractivity contribution is -0.179. The van der Waals surface area contributed by atoms with Gasteiger partial charge in [-0.25, -0.2) is 0 Å². The Bertz CT molecular complexity index is 866. The molecule has 2 aliphatic rings. The van der Waals surface area contributed by atoms with Crippen molar-refractivity contribution < 1.29 is 27.4 Å². The van der Waals surface area contributed by atoms with Gasteiger partial charge < -0.3 is 19.4 Å². The van der Waals surface area contributed by atoms with Crippen molar-refractivity contribution in [1.82, 2.24) is 20.1 Å². The fourth-order valence-corrected chi connectivity index (χ4v) is 3.31. The first kappa shape index (κ1) is 17.6. The molecule has 0 unspecified atom stereocenters. The number of benzene rings is 1. The minimum Gasteiger partial charge on any atom is -0.486 e. The van der Waals surface area contributed by atoms with Crippen molar-refractivity contribution in [2.24, 2.45) is 5.92 Å². The number of amides is 1. The lowest BCUT2D eigenvalue weighted by atomic mass is 9.97. The molecule has 3 heterocycles. The maximum atomic E-state index is 12.9. The van der Waals surface area contributed by atoms with E-state index in [0.717, 1.165) is 0 Å². The highest BCUT2D eigenvalue weighted by Crippen LogP contribution is 2.35. The molecule has 144 valence electrons. The van der Waals surface area contributed by atoms with E-state index < -0.39 is 12.1 Å². The Morgan fingerprint density at radius 2 is 2.07 bits per heavy atom. The monoisotopic (exact) mass is 382 g/mol. The number of carbonyl (C=O) groups is 1. The lowest BCUT2D eigenvalue weighted by Gasteiger charge is -2.25. The van der Waals surface area contributed by atoms with Gasteiger partial charge in [0.25, 0.3) is 5.91 Å². The van der Waals surface area contributed by atoms with Crippen LogP contribution in [0.1, 0.15) is 28.4 Å². The fraction of sp³-hybridized carbons (Fsp3) is 0.471. The number of carbonyl (C=O) groups excluding carboxylic acids is 1. The molecule has 2 aromatic rings. The Kier molecular flexibility index (Phi) is 4.40. The van der Waals surface area contributed by atoms with Crippen LogP contribution in [0.3, 0.4) is 0 Å². The van der Waals surface area contributed by atoms with Gasteiger partial charge in [-0.2, -0.15) is 13.2 Å². The quantitative estimate of drug-likeness (QED) is 0.880. The maximum Gasteiger partial charge on any atom is 0.392 e. The third kappa shape index (κ3) is 3.43. The van der Waals surface area contributed by atoms with Gasteiger partial charge in [0.15, 0.2) is 17.3 Å². The van der Waals surface area contributed by atoms with E-state index in [2.05, 4.69) is 15.5 Å². The first-order chi connectivity index (χ1) is 12.9. The van der Waals surface area contributed by atoms with Gasteiger partial charge in [0.2, 0.25) is 0 Å². The van der Waals surface area contributed by atoms with E-state index in [-0.39, 0.29) is 31.8 Å². The molecule has 0 radical (unpaired) electrons. The summed E-state index contributed by atoms with van der Waals surface area (Å²) in [5.74, 6) is -0.157. The third-order valence-corrected chi connectivity index (χ3v) is 4.71. The zero-order valence-electron chi connectivity index (χ0n) is 14.3. The van der Waals surface area contributed by atoms with Crippen molar-refractivity contribution in [1.29, 1.82) is 0 Å². The maximum absolute atomic E-state index is 12.9. The number of rotatable bonds is 3. The Balaban J connectivity index is 1.45. The standard InChI is InChI=1S/C17H17F3N4O3/c18-17(19,20)10-4-5-24-13(8-10)22-23-14(24)9-21-16(25)11-2-1-3-12-15(11)27-7-6-26-12/h1-3,10H,4-9H2,(H,21,25)/t10-/m0/s1. The highest BCUT2D eigenvalue weighted by Gasteiger charge is 2.42. The topological polar surface area (TPSA) is 78.3 Å². The van der Waals surface area contributed by atoms with E-state index in [9.17, 15) is 18.0 Å². The van der Waals surface area contributed by atoms with Crippen LogP contribution in [0.2, 0.25) is 0 Å². The van der Waals surface area contributed by atoms with E-state index in [4.69, 9.17) is 9.47 Å². The van der Waals surface area contributed by atoms with Crippen molar-refractivity contribution in [3.8, 4) is 11.5 Å². The average Bonchev–Trinajstić information content (AvgIpc) is 3.07. The Hall–Kier alpha value is -2.78. The van der Waals surface area contributed by atoms with Crippen molar-refractivity contribution in [2.75, 3.05) is 13.2 Å². The molecule has 27 heavy (non-hydrogen) atoms. The van der Waals surface area contributed by atoms with Crippen molar-refractivity contribution in [2.45, 2.75) is 32.1 Å². The molecule has 10 heteroatoms. The molecule has 0 saturated carbocycles. The minimum atomic E-state index is -4.24. The van der Waals surface area contributed by atoms with Crippen molar-refractivity contribution in [3.05, 3.63) is 35.4 Å². The first-order valence-electron chi connectivity index (χ1n) is 8.58. The SMILES string of the molecule is O=C(NCc1nnc2n1CC[C@H](C(F)(F)F)C2)c1cccc2c1OCCO2. The molecule has 0 saturated heterocycles. The van der Waals surface area contributed by atoms with Crippen LogP contribution in [0.25, 0.3) is 0 Å². The normalized spacial score (nSPS) is 18.7. The zero-order valence-corrected chi connectivity index (χ0v) is 14.3. The van der Waals surface area contributed by atoms with Gasteiger partial charge in [-0.1, -0.05) is 6.07 Å². The lowest BCUT2D eigenvalue weighted by Crippen LogP contribution is -2.32. The molecule has 7 nitrogen and oxygen atoms in total. The van der Waals surface area contributed by atoms with Crippen LogP contribution >= 0.6 is 0 Å². The van der Waals surface area contributed by atoms with Gasteiger partial charge in [-0.05, 0) is 18.6 Å². The number of hydrogen-bond acceptors (Lipinski definition) is 5. The largest absolute Gasteiger partial charge is 0.486 e. The molecule has 0 bridgehead atoms. The average molecular weight is 382 g/mol. The molecular formula is C17H17F3N4O3. The molecule has 1 N–H and O–H groups in total. The summed E-state index contributed by atoms with van der Waals surface area (Å²) >= 11 is 0. The van der Waals surface area contributed by atoms with Gasteiger partial charge in [0.1, 0.15) is 19.0 Å². The smallest absolute Gasteiger partial charge is 0.392 e.